The molecule has 1 amide bonds. The van der Waals surface area contributed by atoms with Gasteiger partial charge in [0.1, 0.15) is 13.1 Å². The van der Waals surface area contributed by atoms with Crippen LogP contribution in [0.15, 0.2) is 24.3 Å². The first kappa shape index (κ1) is 15.0. The number of carbonyl (C=O) groups is 2. The number of carboxylic acid groups (broad SMARTS) is 1. The van der Waals surface area contributed by atoms with Crippen LogP contribution in [0.5, 0.6) is 0 Å². The Bertz CT molecular complexity index is 495. The average Bonchev–Trinajstić information content (AvgIpc) is 2.35. The lowest BCUT2D eigenvalue weighted by Crippen LogP contribution is -2.42. The molecule has 19 heavy (non-hydrogen) atoms. The van der Waals surface area contributed by atoms with Gasteiger partial charge in [0, 0.05) is 16.9 Å². The van der Waals surface area contributed by atoms with Crippen molar-refractivity contribution in [1.29, 1.82) is 0 Å². The number of nitrogens with zero attached hydrogens (tertiary/aromatic N) is 1. The summed E-state index contributed by atoms with van der Waals surface area (Å²) in [5.41, 5.74) is 0.969. The second-order valence-electron chi connectivity index (χ2n) is 3.84. The van der Waals surface area contributed by atoms with Crippen molar-refractivity contribution in [3.05, 3.63) is 40.6 Å². The minimum absolute atomic E-state index is 0.00785. The van der Waals surface area contributed by atoms with Gasteiger partial charge in [-0.25, -0.2) is 9.53 Å². The summed E-state index contributed by atoms with van der Waals surface area (Å²) in [7, 11) is 1.35. The maximum Gasteiger partial charge on any atom is 0.327 e. The standard InChI is InChI=1S/C12H14N2O4S/c1-14(18)6-8-2-4-9(5-3-8)11(15)13-10(7-19)12(16)17/h2-6,10,19H,7H2,1H3,(H,13,15)(H,16,17)/t10-/m0/s1. The number of aliphatic carboxylic acids is 1. The van der Waals surface area contributed by atoms with Gasteiger partial charge in [0.05, 0.1) is 0 Å². The Kier molecular flexibility index (Phi) is 5.37. The van der Waals surface area contributed by atoms with Crippen LogP contribution in [0.1, 0.15) is 15.9 Å². The third kappa shape index (κ3) is 4.63. The maximum atomic E-state index is 11.8. The van der Waals surface area contributed by atoms with E-state index >= 15 is 0 Å². The molecule has 2 N–H and O–H groups in total. The number of hydrogen-bond acceptors (Lipinski definition) is 4. The topological polar surface area (TPSA) is 92.5 Å². The molecule has 0 aliphatic heterocycles. The van der Waals surface area contributed by atoms with E-state index in [1.54, 1.807) is 12.1 Å². The Morgan fingerprint density at radius 2 is 2.05 bits per heavy atom. The quantitative estimate of drug-likeness (QED) is 0.239. The molecule has 1 rings (SSSR count). The number of rotatable bonds is 5. The molecule has 1 aromatic rings. The summed E-state index contributed by atoms with van der Waals surface area (Å²) in [6.07, 6.45) is 1.36. The fourth-order valence-corrected chi connectivity index (χ4v) is 1.61. The predicted molar refractivity (Wildman–Crippen MR) is 73.9 cm³/mol. The molecule has 6 nitrogen and oxygen atoms in total. The molecule has 0 saturated carbocycles. The number of hydrogen-bond donors (Lipinski definition) is 3. The number of carboxylic acids is 1. The monoisotopic (exact) mass is 282 g/mol. The summed E-state index contributed by atoms with van der Waals surface area (Å²) >= 11 is 3.86. The highest BCUT2D eigenvalue weighted by molar-refractivity contribution is 7.80. The molecule has 0 spiro atoms. The van der Waals surface area contributed by atoms with E-state index in [9.17, 15) is 14.8 Å². The van der Waals surface area contributed by atoms with Crippen molar-refractivity contribution in [2.45, 2.75) is 6.04 Å². The van der Waals surface area contributed by atoms with Gasteiger partial charge in [-0.15, -0.1) is 0 Å². The second-order valence-corrected chi connectivity index (χ2v) is 4.21. The van der Waals surface area contributed by atoms with Crippen molar-refractivity contribution >= 4 is 30.7 Å². The fourth-order valence-electron chi connectivity index (χ4n) is 1.36. The van der Waals surface area contributed by atoms with Gasteiger partial charge in [-0.2, -0.15) is 12.6 Å². The first-order chi connectivity index (χ1) is 8.93. The van der Waals surface area contributed by atoms with E-state index < -0.39 is 17.9 Å². The highest BCUT2D eigenvalue weighted by Gasteiger charge is 2.18. The Hall–Kier alpha value is -2.02. The number of amides is 1. The number of carbonyl (C=O) groups excluding carboxylic acids is 1. The molecule has 1 atom stereocenters. The van der Waals surface area contributed by atoms with Gasteiger partial charge in [0.2, 0.25) is 0 Å². The van der Waals surface area contributed by atoms with Gasteiger partial charge in [-0.1, -0.05) is 0 Å². The van der Waals surface area contributed by atoms with Crippen LogP contribution >= 0.6 is 12.6 Å². The van der Waals surface area contributed by atoms with Gasteiger partial charge >= 0.3 is 5.97 Å². The highest BCUT2D eigenvalue weighted by Crippen LogP contribution is 2.03. The third-order valence-corrected chi connectivity index (χ3v) is 2.65. The smallest absolute Gasteiger partial charge is 0.327 e. The lowest BCUT2D eigenvalue weighted by atomic mass is 10.1. The normalized spacial score (nSPS) is 12.8. The Morgan fingerprint density at radius 1 is 1.47 bits per heavy atom. The lowest BCUT2D eigenvalue weighted by Gasteiger charge is -2.11. The molecule has 0 saturated heterocycles. The van der Waals surface area contributed by atoms with Gasteiger partial charge < -0.3 is 15.6 Å². The molecule has 0 unspecified atom stereocenters. The van der Waals surface area contributed by atoms with Crippen LogP contribution in [0, 0.1) is 5.21 Å². The minimum Gasteiger partial charge on any atom is -0.624 e. The Morgan fingerprint density at radius 3 is 2.47 bits per heavy atom. The Labute approximate surface area is 115 Å². The summed E-state index contributed by atoms with van der Waals surface area (Å²) in [5.74, 6) is -1.63. The summed E-state index contributed by atoms with van der Waals surface area (Å²) in [6, 6.07) is 5.19. The number of benzene rings is 1. The summed E-state index contributed by atoms with van der Waals surface area (Å²) < 4.78 is 0.649. The lowest BCUT2D eigenvalue weighted by molar-refractivity contribution is -0.416. The van der Waals surface area contributed by atoms with Crippen molar-refractivity contribution in [2.75, 3.05) is 12.8 Å². The molecular weight excluding hydrogens is 268 g/mol. The van der Waals surface area contributed by atoms with E-state index in [0.717, 1.165) is 0 Å². The average molecular weight is 282 g/mol. The van der Waals surface area contributed by atoms with Gasteiger partial charge in [-0.3, -0.25) is 4.79 Å². The van der Waals surface area contributed by atoms with E-state index in [0.29, 0.717) is 15.9 Å². The van der Waals surface area contributed by atoms with Crippen molar-refractivity contribution in [3.8, 4) is 0 Å². The first-order valence-electron chi connectivity index (χ1n) is 5.43. The van der Waals surface area contributed by atoms with Crippen LogP contribution in [0.25, 0.3) is 0 Å². The molecule has 0 bridgehead atoms. The molecule has 1 aromatic carbocycles. The molecule has 7 heteroatoms. The number of nitrogens with one attached hydrogen (secondary N) is 1. The van der Waals surface area contributed by atoms with Crippen LogP contribution in [0.4, 0.5) is 0 Å². The summed E-state index contributed by atoms with van der Waals surface area (Å²) in [5, 5.41) is 21.9. The summed E-state index contributed by atoms with van der Waals surface area (Å²) in [6.45, 7) is 0. The molecule has 0 aliphatic rings. The number of hydroxylamine groups is 1. The SMILES string of the molecule is C[N+]([O-])=Cc1ccc(C(=O)N[C@@H](CS)C(=O)O)cc1. The van der Waals surface area contributed by atoms with Crippen molar-refractivity contribution < 1.29 is 19.4 Å². The zero-order valence-corrected chi connectivity index (χ0v) is 11.1. The highest BCUT2D eigenvalue weighted by atomic mass is 32.1. The van der Waals surface area contributed by atoms with E-state index in [2.05, 4.69) is 17.9 Å². The minimum atomic E-state index is -1.14. The molecule has 0 aromatic heterocycles. The van der Waals surface area contributed by atoms with E-state index in [4.69, 9.17) is 5.11 Å². The van der Waals surface area contributed by atoms with Crippen LogP contribution in [-0.4, -0.2) is 46.8 Å². The molecule has 0 fully saturated rings. The molecule has 0 radical (unpaired) electrons. The molecule has 102 valence electrons. The molecule has 0 heterocycles. The zero-order valence-electron chi connectivity index (χ0n) is 10.2. The number of thiol groups is 1. The zero-order chi connectivity index (χ0) is 14.4. The van der Waals surface area contributed by atoms with Gasteiger partial charge in [-0.05, 0) is 24.3 Å². The van der Waals surface area contributed by atoms with Crippen molar-refractivity contribution in [1.82, 2.24) is 5.32 Å². The summed E-state index contributed by atoms with van der Waals surface area (Å²) in [4.78, 5) is 22.5. The second kappa shape index (κ2) is 6.79. The van der Waals surface area contributed by atoms with Crippen LogP contribution < -0.4 is 5.32 Å². The largest absolute Gasteiger partial charge is 0.624 e. The Balaban J connectivity index is 2.78. The van der Waals surface area contributed by atoms with Crippen LogP contribution in [0.2, 0.25) is 0 Å². The molecule has 0 aliphatic carbocycles. The first-order valence-corrected chi connectivity index (χ1v) is 6.06. The van der Waals surface area contributed by atoms with Gasteiger partial charge in [0.15, 0.2) is 6.21 Å². The third-order valence-electron chi connectivity index (χ3n) is 2.29. The maximum absolute atomic E-state index is 11.8. The molecular formula is C12H14N2O4S. The van der Waals surface area contributed by atoms with E-state index in [1.165, 1.54) is 25.4 Å². The van der Waals surface area contributed by atoms with E-state index in [-0.39, 0.29) is 5.75 Å². The van der Waals surface area contributed by atoms with Crippen LogP contribution in [-0.2, 0) is 4.79 Å². The van der Waals surface area contributed by atoms with E-state index in [1.807, 2.05) is 0 Å². The van der Waals surface area contributed by atoms with Crippen LogP contribution in [0.3, 0.4) is 0 Å². The predicted octanol–water partition coefficient (Wildman–Crippen LogP) is 0.358. The fraction of sp³-hybridized carbons (Fsp3) is 0.250. The van der Waals surface area contributed by atoms with Crippen molar-refractivity contribution in [3.63, 3.8) is 0 Å². The van der Waals surface area contributed by atoms with Crippen molar-refractivity contribution in [2.24, 2.45) is 0 Å². The van der Waals surface area contributed by atoms with Gasteiger partial charge in [0.25, 0.3) is 5.91 Å².